The number of sulfonamides is 1. The minimum atomic E-state index is -3.65. The average molecular weight is 525 g/mol. The molecule has 1 heterocycles. The Balaban J connectivity index is 1.26. The maximum atomic E-state index is 13.4. The number of hydrogen-bond acceptors (Lipinski definition) is 3. The molecule has 0 atom stereocenters. The molecule has 0 spiro atoms. The average Bonchev–Trinajstić information content (AvgIpc) is 2.96. The van der Waals surface area contributed by atoms with Gasteiger partial charge in [0, 0.05) is 26.1 Å². The number of nitrogens with zero attached hydrogens (tertiary/aromatic N) is 2. The number of fused-ring (bicyclic) bond motifs is 1. The lowest BCUT2D eigenvalue weighted by atomic mass is 10.0. The maximum Gasteiger partial charge on any atom is 0.264 e. The van der Waals surface area contributed by atoms with Gasteiger partial charge >= 0.3 is 0 Å². The minimum Gasteiger partial charge on any atom is -0.334 e. The summed E-state index contributed by atoms with van der Waals surface area (Å²) >= 11 is 0. The summed E-state index contributed by atoms with van der Waals surface area (Å²) in [4.78, 5) is 15.5. The molecule has 0 bridgehead atoms. The highest BCUT2D eigenvalue weighted by atomic mass is 32.2. The maximum absolute atomic E-state index is 13.4. The van der Waals surface area contributed by atoms with Crippen molar-refractivity contribution in [2.24, 2.45) is 0 Å². The summed E-state index contributed by atoms with van der Waals surface area (Å²) in [7, 11) is -3.65. The second-order valence-electron chi connectivity index (χ2n) is 9.67. The van der Waals surface area contributed by atoms with Gasteiger partial charge in [-0.3, -0.25) is 9.10 Å². The molecule has 0 saturated carbocycles. The summed E-state index contributed by atoms with van der Waals surface area (Å²) in [5, 5.41) is 0. The van der Waals surface area contributed by atoms with E-state index in [1.807, 2.05) is 102 Å². The molecule has 1 aliphatic heterocycles. The molecule has 194 valence electrons. The van der Waals surface area contributed by atoms with E-state index >= 15 is 0 Å². The van der Waals surface area contributed by atoms with E-state index in [-0.39, 0.29) is 10.8 Å². The Morgan fingerprint density at radius 1 is 0.711 bits per heavy atom. The van der Waals surface area contributed by atoms with E-state index in [1.54, 1.807) is 12.1 Å². The lowest BCUT2D eigenvalue weighted by Gasteiger charge is -2.30. The Kier molecular flexibility index (Phi) is 7.89. The molecule has 0 N–H and O–H groups in total. The second kappa shape index (κ2) is 11.7. The first-order chi connectivity index (χ1) is 18.5. The fourth-order valence-corrected chi connectivity index (χ4v) is 6.49. The number of para-hydroxylation sites is 1. The molecule has 4 aromatic rings. The predicted octanol–water partition coefficient (Wildman–Crippen LogP) is 5.99. The van der Waals surface area contributed by atoms with E-state index in [1.165, 1.54) is 4.31 Å². The largest absolute Gasteiger partial charge is 0.334 e. The quantitative estimate of drug-likeness (QED) is 0.270. The van der Waals surface area contributed by atoms with Crippen LogP contribution in [0.5, 0.6) is 0 Å². The van der Waals surface area contributed by atoms with Gasteiger partial charge in [-0.25, -0.2) is 8.42 Å². The van der Waals surface area contributed by atoms with Crippen LogP contribution in [0.25, 0.3) is 0 Å². The van der Waals surface area contributed by atoms with Crippen molar-refractivity contribution in [3.8, 4) is 0 Å². The van der Waals surface area contributed by atoms with E-state index in [0.29, 0.717) is 32.5 Å². The van der Waals surface area contributed by atoms with Crippen molar-refractivity contribution in [2.45, 2.75) is 43.7 Å². The zero-order valence-corrected chi connectivity index (χ0v) is 22.2. The van der Waals surface area contributed by atoms with Crippen molar-refractivity contribution in [2.75, 3.05) is 10.8 Å². The Morgan fingerprint density at radius 2 is 1.29 bits per heavy atom. The number of anilines is 1. The van der Waals surface area contributed by atoms with Gasteiger partial charge in [-0.15, -0.1) is 0 Å². The Hall–Kier alpha value is -3.90. The molecule has 0 saturated heterocycles. The summed E-state index contributed by atoms with van der Waals surface area (Å²) in [5.41, 5.74) is 4.95. The van der Waals surface area contributed by atoms with Crippen molar-refractivity contribution in [1.29, 1.82) is 0 Å². The zero-order chi connectivity index (χ0) is 26.4. The van der Waals surface area contributed by atoms with Crippen molar-refractivity contribution in [3.63, 3.8) is 0 Å². The van der Waals surface area contributed by atoms with Gasteiger partial charge in [-0.1, -0.05) is 91.0 Å². The summed E-state index contributed by atoms with van der Waals surface area (Å²) in [6.07, 6.45) is 2.59. The Morgan fingerprint density at radius 3 is 1.92 bits per heavy atom. The van der Waals surface area contributed by atoms with Crippen LogP contribution in [0.1, 0.15) is 35.1 Å². The number of rotatable bonds is 9. The first-order valence-electron chi connectivity index (χ1n) is 13.1. The van der Waals surface area contributed by atoms with E-state index in [0.717, 1.165) is 40.8 Å². The van der Waals surface area contributed by atoms with Crippen LogP contribution in [0.3, 0.4) is 0 Å². The van der Waals surface area contributed by atoms with Crippen LogP contribution in [0.4, 0.5) is 5.69 Å². The molecule has 1 aliphatic rings. The third kappa shape index (κ3) is 5.97. The van der Waals surface area contributed by atoms with Crippen LogP contribution < -0.4 is 4.31 Å². The number of carbonyl (C=O) groups is 1. The SMILES string of the molecule is O=C(CCc1ccc(S(=O)(=O)N2CCCc3ccccc32)cc1)N(Cc1ccccc1)Cc1ccccc1. The third-order valence-corrected chi connectivity index (χ3v) is 8.82. The van der Waals surface area contributed by atoms with Crippen molar-refractivity contribution >= 4 is 21.6 Å². The van der Waals surface area contributed by atoms with Crippen molar-refractivity contribution < 1.29 is 13.2 Å². The highest BCUT2D eigenvalue weighted by Crippen LogP contribution is 2.31. The van der Waals surface area contributed by atoms with Gasteiger partial charge in [0.15, 0.2) is 0 Å². The minimum absolute atomic E-state index is 0.0688. The van der Waals surface area contributed by atoms with Gasteiger partial charge in [0.2, 0.25) is 5.91 Å². The van der Waals surface area contributed by atoms with Gasteiger partial charge in [0.25, 0.3) is 10.0 Å². The number of carbonyl (C=O) groups excluding carboxylic acids is 1. The topological polar surface area (TPSA) is 57.7 Å². The van der Waals surface area contributed by atoms with Gasteiger partial charge in [0.05, 0.1) is 10.6 Å². The molecular weight excluding hydrogens is 492 g/mol. The monoisotopic (exact) mass is 524 g/mol. The smallest absolute Gasteiger partial charge is 0.264 e. The van der Waals surface area contributed by atoms with E-state index in [4.69, 9.17) is 0 Å². The first-order valence-corrected chi connectivity index (χ1v) is 14.5. The molecule has 5 nitrogen and oxygen atoms in total. The molecular formula is C32H32N2O3S. The van der Waals surface area contributed by atoms with Gasteiger partial charge in [-0.05, 0) is 59.7 Å². The molecule has 0 radical (unpaired) electrons. The summed E-state index contributed by atoms with van der Waals surface area (Å²) in [6.45, 7) is 1.57. The highest BCUT2D eigenvalue weighted by molar-refractivity contribution is 7.92. The van der Waals surface area contributed by atoms with Crippen molar-refractivity contribution in [1.82, 2.24) is 4.90 Å². The molecule has 4 aromatic carbocycles. The van der Waals surface area contributed by atoms with Crippen LogP contribution >= 0.6 is 0 Å². The Bertz CT molecular complexity index is 1430. The fourth-order valence-electron chi connectivity index (χ4n) is 4.95. The molecule has 6 heteroatoms. The molecule has 5 rings (SSSR count). The summed E-state index contributed by atoms with van der Waals surface area (Å²) < 4.78 is 28.4. The number of aryl methyl sites for hydroxylation is 2. The van der Waals surface area contributed by atoms with Gasteiger partial charge in [0.1, 0.15) is 0 Å². The van der Waals surface area contributed by atoms with Crippen LogP contribution in [0.2, 0.25) is 0 Å². The predicted molar refractivity (Wildman–Crippen MR) is 151 cm³/mol. The van der Waals surface area contributed by atoms with E-state index in [2.05, 4.69) is 0 Å². The van der Waals surface area contributed by atoms with Crippen molar-refractivity contribution in [3.05, 3.63) is 131 Å². The second-order valence-corrected chi connectivity index (χ2v) is 11.5. The highest BCUT2D eigenvalue weighted by Gasteiger charge is 2.28. The molecule has 0 aromatic heterocycles. The molecule has 0 aliphatic carbocycles. The van der Waals surface area contributed by atoms with Gasteiger partial charge in [-0.2, -0.15) is 0 Å². The standard InChI is InChI=1S/C32H32N2O3S/c35-32(33(24-27-10-3-1-4-11-27)25-28-12-5-2-6-13-28)22-19-26-17-20-30(21-18-26)38(36,37)34-23-9-15-29-14-7-8-16-31(29)34/h1-8,10-14,16-18,20-21H,9,15,19,22-25H2. The van der Waals surface area contributed by atoms with Crippen LogP contribution in [0.15, 0.2) is 114 Å². The van der Waals surface area contributed by atoms with Crippen LogP contribution in [-0.4, -0.2) is 25.8 Å². The zero-order valence-electron chi connectivity index (χ0n) is 21.4. The molecule has 0 fully saturated rings. The van der Waals surface area contributed by atoms with E-state index in [9.17, 15) is 13.2 Å². The molecule has 1 amide bonds. The first kappa shape index (κ1) is 25.7. The third-order valence-electron chi connectivity index (χ3n) is 6.99. The normalized spacial score (nSPS) is 13.1. The number of hydrogen-bond donors (Lipinski definition) is 0. The molecule has 0 unspecified atom stereocenters. The Labute approximate surface area is 225 Å². The van der Waals surface area contributed by atoms with E-state index < -0.39 is 10.0 Å². The number of amides is 1. The summed E-state index contributed by atoms with van der Waals surface area (Å²) in [6, 6.07) is 34.7. The molecule has 38 heavy (non-hydrogen) atoms. The fraction of sp³-hybridized carbons (Fsp3) is 0.219. The summed E-state index contributed by atoms with van der Waals surface area (Å²) in [5.74, 6) is 0.0688. The van der Waals surface area contributed by atoms with Crippen LogP contribution in [-0.2, 0) is 40.7 Å². The van der Waals surface area contributed by atoms with Gasteiger partial charge < -0.3 is 4.90 Å². The van der Waals surface area contributed by atoms with Crippen LogP contribution in [0, 0.1) is 0 Å². The number of benzene rings is 4. The lowest BCUT2D eigenvalue weighted by Crippen LogP contribution is -2.35. The lowest BCUT2D eigenvalue weighted by molar-refractivity contribution is -0.132.